The normalized spacial score (nSPS) is 15.9. The summed E-state index contributed by atoms with van der Waals surface area (Å²) in [5.74, 6) is -0.414. The number of benzene rings is 1. The highest BCUT2D eigenvalue weighted by molar-refractivity contribution is 6.01. The zero-order valence-corrected chi connectivity index (χ0v) is 17.4. The van der Waals surface area contributed by atoms with Gasteiger partial charge in [0.1, 0.15) is 5.69 Å². The van der Waals surface area contributed by atoms with Gasteiger partial charge in [-0.05, 0) is 36.1 Å². The van der Waals surface area contributed by atoms with Gasteiger partial charge in [-0.3, -0.25) is 9.69 Å². The van der Waals surface area contributed by atoms with Gasteiger partial charge in [0, 0.05) is 25.3 Å². The molecule has 3 rings (SSSR count). The predicted molar refractivity (Wildman–Crippen MR) is 110 cm³/mol. The third-order valence-electron chi connectivity index (χ3n) is 5.38. The van der Waals surface area contributed by atoms with Crippen molar-refractivity contribution in [3.63, 3.8) is 0 Å². The van der Waals surface area contributed by atoms with E-state index in [1.54, 1.807) is 13.0 Å². The Labute approximate surface area is 174 Å². The van der Waals surface area contributed by atoms with Gasteiger partial charge in [0.2, 0.25) is 11.8 Å². The first-order valence-corrected chi connectivity index (χ1v) is 9.93. The van der Waals surface area contributed by atoms with Crippen LogP contribution in [0, 0.1) is 6.92 Å². The smallest absolute Gasteiger partial charge is 0.388 e. The number of aryl methyl sites for hydroxylation is 1. The summed E-state index contributed by atoms with van der Waals surface area (Å²) in [6.07, 6.45) is 0. The summed E-state index contributed by atoms with van der Waals surface area (Å²) in [7, 11) is 0. The molecule has 8 heteroatoms. The molecule has 0 bridgehead atoms. The molecule has 1 saturated heterocycles. The number of hydrogen-bond acceptors (Lipinski definition) is 5. The van der Waals surface area contributed by atoms with Crippen molar-refractivity contribution in [1.82, 2.24) is 9.88 Å². The molecule has 162 valence electrons. The fraction of sp³-hybridized carbons (Fsp3) is 0.455. The number of halogens is 2. The van der Waals surface area contributed by atoms with E-state index in [1.807, 2.05) is 29.2 Å². The summed E-state index contributed by atoms with van der Waals surface area (Å²) in [4.78, 5) is 19.5. The minimum absolute atomic E-state index is 0.00220. The molecule has 1 aromatic carbocycles. The number of hydrogen-bond donors (Lipinski definition) is 2. The van der Waals surface area contributed by atoms with Crippen LogP contribution in [0.2, 0.25) is 0 Å². The number of nitrogens with one attached hydrogen (secondary N) is 1. The van der Waals surface area contributed by atoms with E-state index in [1.165, 1.54) is 6.07 Å². The fourth-order valence-electron chi connectivity index (χ4n) is 3.93. The zero-order valence-electron chi connectivity index (χ0n) is 17.4. The number of aromatic nitrogens is 1. The number of carbonyl (C=O) groups is 1. The molecule has 0 saturated carbocycles. The first kappa shape index (κ1) is 22.1. The number of anilines is 1. The quantitative estimate of drug-likeness (QED) is 0.687. The Morgan fingerprint density at radius 3 is 2.60 bits per heavy atom. The molecule has 1 aliphatic heterocycles. The monoisotopic (exact) mass is 419 g/mol. The van der Waals surface area contributed by atoms with Gasteiger partial charge in [-0.25, -0.2) is 4.98 Å². The predicted octanol–water partition coefficient (Wildman–Crippen LogP) is 3.30. The lowest BCUT2D eigenvalue weighted by Crippen LogP contribution is -2.65. The minimum Gasteiger partial charge on any atom is -0.415 e. The van der Waals surface area contributed by atoms with Crippen molar-refractivity contribution >= 4 is 11.6 Å². The molecule has 6 nitrogen and oxygen atoms in total. The molecule has 0 radical (unpaired) electrons. The Morgan fingerprint density at radius 1 is 1.27 bits per heavy atom. The molecule has 1 aliphatic rings. The maximum Gasteiger partial charge on any atom is 0.388 e. The lowest BCUT2D eigenvalue weighted by Gasteiger charge is -2.50. The molecule has 2 aromatic rings. The number of amides is 1. The number of rotatable bonds is 8. The lowest BCUT2D eigenvalue weighted by molar-refractivity contribution is -0.128. The average molecular weight is 419 g/mol. The second kappa shape index (κ2) is 9.06. The maximum atomic E-state index is 13.5. The van der Waals surface area contributed by atoms with E-state index in [2.05, 4.69) is 28.9 Å². The summed E-state index contributed by atoms with van der Waals surface area (Å²) in [6, 6.07) is 10.9. The summed E-state index contributed by atoms with van der Waals surface area (Å²) in [5, 5.41) is 12.0. The molecule has 1 aromatic heterocycles. The van der Waals surface area contributed by atoms with Gasteiger partial charge in [-0.1, -0.05) is 38.1 Å². The number of aliphatic hydroxyl groups is 1. The van der Waals surface area contributed by atoms with Crippen molar-refractivity contribution in [3.8, 4) is 5.88 Å². The van der Waals surface area contributed by atoms with Crippen LogP contribution in [0.15, 0.2) is 36.4 Å². The Morgan fingerprint density at radius 2 is 1.97 bits per heavy atom. The Hall–Kier alpha value is -2.58. The van der Waals surface area contributed by atoms with Gasteiger partial charge >= 0.3 is 6.61 Å². The number of pyridine rings is 1. The largest absolute Gasteiger partial charge is 0.415 e. The number of alkyl halides is 2. The van der Waals surface area contributed by atoms with Crippen LogP contribution in [0.5, 0.6) is 5.88 Å². The number of β-amino-alcohol motifs (C(OH)–C–C–N with tert-alkyl or cyclic N) is 1. The van der Waals surface area contributed by atoms with E-state index in [9.17, 15) is 18.7 Å². The van der Waals surface area contributed by atoms with Crippen LogP contribution < -0.4 is 10.1 Å². The fourth-order valence-corrected chi connectivity index (χ4v) is 3.93. The Bertz CT molecular complexity index is 899. The first-order valence-electron chi connectivity index (χ1n) is 9.93. The topological polar surface area (TPSA) is 74.7 Å². The van der Waals surface area contributed by atoms with E-state index in [4.69, 9.17) is 0 Å². The first-order chi connectivity index (χ1) is 14.3. The molecule has 0 atom stereocenters. The standard InChI is InChI=1S/C22H27F2N3O3/c1-14(2)16-6-4-5-7-17(16)22(12-27(13-22)10-11-28)20(29)26-18-9-8-15(3)25-19(18)30-21(23)24/h4-9,14,21,28H,10-13H2,1-3H3,(H,26,29). The van der Waals surface area contributed by atoms with E-state index in [0.717, 1.165) is 11.1 Å². The highest BCUT2D eigenvalue weighted by Crippen LogP contribution is 2.40. The maximum absolute atomic E-state index is 13.5. The molecule has 2 heterocycles. The second-order valence-corrected chi connectivity index (χ2v) is 7.90. The van der Waals surface area contributed by atoms with Crippen LogP contribution in [0.3, 0.4) is 0 Å². The van der Waals surface area contributed by atoms with E-state index in [0.29, 0.717) is 25.3 Å². The SMILES string of the molecule is Cc1ccc(NC(=O)C2(c3ccccc3C(C)C)CN(CCO)C2)c(OC(F)F)n1. The van der Waals surface area contributed by atoms with Crippen LogP contribution in [-0.2, 0) is 10.2 Å². The molecule has 1 amide bonds. The van der Waals surface area contributed by atoms with Crippen molar-refractivity contribution < 1.29 is 23.4 Å². The number of ether oxygens (including phenoxy) is 1. The third kappa shape index (κ3) is 4.44. The van der Waals surface area contributed by atoms with Crippen molar-refractivity contribution in [3.05, 3.63) is 53.2 Å². The van der Waals surface area contributed by atoms with Crippen LogP contribution in [0.25, 0.3) is 0 Å². The van der Waals surface area contributed by atoms with Crippen molar-refractivity contribution in [2.45, 2.75) is 38.7 Å². The highest BCUT2D eigenvalue weighted by Gasteiger charge is 2.51. The van der Waals surface area contributed by atoms with Gasteiger partial charge in [0.05, 0.1) is 12.0 Å². The molecule has 0 spiro atoms. The second-order valence-electron chi connectivity index (χ2n) is 7.90. The van der Waals surface area contributed by atoms with E-state index < -0.39 is 12.0 Å². The van der Waals surface area contributed by atoms with Gasteiger partial charge in [0.25, 0.3) is 0 Å². The van der Waals surface area contributed by atoms with E-state index in [-0.39, 0.29) is 30.0 Å². The summed E-state index contributed by atoms with van der Waals surface area (Å²) >= 11 is 0. The number of nitrogens with zero attached hydrogens (tertiary/aromatic N) is 2. The molecular formula is C22H27F2N3O3. The van der Waals surface area contributed by atoms with Crippen molar-refractivity contribution in [2.24, 2.45) is 0 Å². The van der Waals surface area contributed by atoms with Crippen molar-refractivity contribution in [1.29, 1.82) is 0 Å². The van der Waals surface area contributed by atoms with Crippen LogP contribution in [0.1, 0.15) is 36.6 Å². The minimum atomic E-state index is -3.05. The molecule has 2 N–H and O–H groups in total. The molecule has 30 heavy (non-hydrogen) atoms. The summed E-state index contributed by atoms with van der Waals surface area (Å²) in [5.41, 5.74) is 1.71. The molecule has 0 aliphatic carbocycles. The van der Waals surface area contributed by atoms with Gasteiger partial charge in [-0.2, -0.15) is 8.78 Å². The van der Waals surface area contributed by atoms with Gasteiger partial charge in [0.15, 0.2) is 0 Å². The Balaban J connectivity index is 1.96. The average Bonchev–Trinajstić information content (AvgIpc) is 2.66. The summed E-state index contributed by atoms with van der Waals surface area (Å²) < 4.78 is 30.2. The number of carbonyl (C=O) groups excluding carboxylic acids is 1. The zero-order chi connectivity index (χ0) is 21.9. The number of likely N-dealkylation sites (tertiary alicyclic amines) is 1. The molecule has 1 fully saturated rings. The van der Waals surface area contributed by atoms with Crippen molar-refractivity contribution in [2.75, 3.05) is 31.6 Å². The summed E-state index contributed by atoms with van der Waals surface area (Å²) in [6.45, 7) is 4.04. The van der Waals surface area contributed by atoms with Crippen LogP contribution in [0.4, 0.5) is 14.5 Å². The highest BCUT2D eigenvalue weighted by atomic mass is 19.3. The lowest BCUT2D eigenvalue weighted by atomic mass is 9.69. The van der Waals surface area contributed by atoms with Crippen LogP contribution in [-0.4, -0.2) is 53.8 Å². The molecular weight excluding hydrogens is 392 g/mol. The van der Waals surface area contributed by atoms with E-state index >= 15 is 0 Å². The Kier molecular flexibility index (Phi) is 6.67. The number of aliphatic hydroxyl groups excluding tert-OH is 1. The third-order valence-corrected chi connectivity index (χ3v) is 5.38. The molecule has 0 unspecified atom stereocenters. The van der Waals surface area contributed by atoms with Gasteiger partial charge in [-0.15, -0.1) is 0 Å². The van der Waals surface area contributed by atoms with Gasteiger partial charge < -0.3 is 15.2 Å². The van der Waals surface area contributed by atoms with Crippen LogP contribution >= 0.6 is 0 Å².